The summed E-state index contributed by atoms with van der Waals surface area (Å²) < 4.78 is 1.45. The van der Waals surface area contributed by atoms with Crippen LogP contribution in [0.1, 0.15) is 12.8 Å². The van der Waals surface area contributed by atoms with E-state index in [9.17, 15) is 4.79 Å². The molecule has 0 spiro atoms. The first-order chi connectivity index (χ1) is 7.27. The summed E-state index contributed by atoms with van der Waals surface area (Å²) in [5.41, 5.74) is 0. The van der Waals surface area contributed by atoms with Crippen LogP contribution in [0.3, 0.4) is 0 Å². The number of aromatic nitrogens is 2. The second kappa shape index (κ2) is 4.44. The zero-order valence-electron chi connectivity index (χ0n) is 8.89. The molecule has 1 N–H and O–H groups in total. The van der Waals surface area contributed by atoms with Gasteiger partial charge in [0.25, 0.3) is 0 Å². The van der Waals surface area contributed by atoms with Crippen molar-refractivity contribution in [1.82, 2.24) is 19.8 Å². The van der Waals surface area contributed by atoms with Crippen molar-refractivity contribution in [3.05, 3.63) is 18.7 Å². The highest BCUT2D eigenvalue weighted by Crippen LogP contribution is 2.13. The van der Waals surface area contributed by atoms with Gasteiger partial charge in [0.1, 0.15) is 6.33 Å². The molecule has 1 unspecified atom stereocenters. The molecule has 15 heavy (non-hydrogen) atoms. The monoisotopic (exact) mass is 208 g/mol. The molecule has 1 saturated heterocycles. The molecule has 2 heterocycles. The summed E-state index contributed by atoms with van der Waals surface area (Å²) in [5, 5.41) is 2.90. The number of hydrogen-bond acceptors (Lipinski definition) is 3. The summed E-state index contributed by atoms with van der Waals surface area (Å²) >= 11 is 0. The van der Waals surface area contributed by atoms with E-state index in [1.165, 1.54) is 23.7 Å². The molecule has 82 valence electrons. The molecule has 0 saturated carbocycles. The lowest BCUT2D eigenvalue weighted by Gasteiger charge is -2.19. The van der Waals surface area contributed by atoms with Gasteiger partial charge in [0.05, 0.1) is 0 Å². The first kappa shape index (κ1) is 10.2. The molecule has 0 bridgehead atoms. The van der Waals surface area contributed by atoms with Gasteiger partial charge in [-0.05, 0) is 26.4 Å². The summed E-state index contributed by atoms with van der Waals surface area (Å²) in [6.07, 6.45) is 7.14. The molecule has 5 heteroatoms. The molecule has 1 aromatic rings. The first-order valence-electron chi connectivity index (χ1n) is 5.24. The first-order valence-corrected chi connectivity index (χ1v) is 5.24. The van der Waals surface area contributed by atoms with Crippen LogP contribution in [0.15, 0.2) is 18.7 Å². The van der Waals surface area contributed by atoms with Crippen LogP contribution >= 0.6 is 0 Å². The van der Waals surface area contributed by atoms with Gasteiger partial charge < -0.3 is 10.2 Å². The van der Waals surface area contributed by atoms with Crippen molar-refractivity contribution in [3.63, 3.8) is 0 Å². The Morgan fingerprint density at radius 2 is 2.53 bits per heavy atom. The third-order valence-corrected chi connectivity index (χ3v) is 2.90. The van der Waals surface area contributed by atoms with Gasteiger partial charge in [-0.2, -0.15) is 0 Å². The number of rotatable bonds is 2. The number of amides is 1. The van der Waals surface area contributed by atoms with E-state index in [0.29, 0.717) is 12.6 Å². The summed E-state index contributed by atoms with van der Waals surface area (Å²) in [6.45, 7) is 1.85. The van der Waals surface area contributed by atoms with E-state index in [1.54, 1.807) is 12.4 Å². The molecule has 1 amide bonds. The van der Waals surface area contributed by atoms with E-state index in [4.69, 9.17) is 0 Å². The van der Waals surface area contributed by atoms with Gasteiger partial charge >= 0.3 is 6.03 Å². The average molecular weight is 208 g/mol. The van der Waals surface area contributed by atoms with Crippen molar-refractivity contribution in [2.75, 3.05) is 20.1 Å². The van der Waals surface area contributed by atoms with Gasteiger partial charge in [0, 0.05) is 25.0 Å². The fourth-order valence-electron chi connectivity index (χ4n) is 1.91. The maximum absolute atomic E-state index is 11.6. The molecule has 5 nitrogen and oxygen atoms in total. The summed E-state index contributed by atoms with van der Waals surface area (Å²) in [5.74, 6) is 0. The van der Waals surface area contributed by atoms with E-state index >= 15 is 0 Å². The third kappa shape index (κ3) is 2.36. The summed E-state index contributed by atoms with van der Waals surface area (Å²) in [7, 11) is 2.10. The molecular formula is C10H16N4O. The highest BCUT2D eigenvalue weighted by molar-refractivity contribution is 5.76. The van der Waals surface area contributed by atoms with Crippen molar-refractivity contribution in [2.24, 2.45) is 0 Å². The van der Waals surface area contributed by atoms with Crippen LogP contribution in [0.2, 0.25) is 0 Å². The smallest absolute Gasteiger partial charge is 0.326 e. The van der Waals surface area contributed by atoms with Crippen LogP contribution in [-0.2, 0) is 0 Å². The molecule has 1 atom stereocenters. The summed E-state index contributed by atoms with van der Waals surface area (Å²) in [4.78, 5) is 17.7. The van der Waals surface area contributed by atoms with Crippen molar-refractivity contribution in [1.29, 1.82) is 0 Å². The van der Waals surface area contributed by atoms with E-state index < -0.39 is 0 Å². The summed E-state index contributed by atoms with van der Waals surface area (Å²) in [6, 6.07) is 0.380. The van der Waals surface area contributed by atoms with Crippen LogP contribution in [-0.4, -0.2) is 46.7 Å². The molecule has 2 rings (SSSR count). The number of nitrogens with one attached hydrogen (secondary N) is 1. The maximum atomic E-state index is 11.6. The minimum absolute atomic E-state index is 0.104. The van der Waals surface area contributed by atoms with Crippen molar-refractivity contribution >= 4 is 6.03 Å². The Kier molecular flexibility index (Phi) is 3.01. The van der Waals surface area contributed by atoms with Crippen LogP contribution in [0.5, 0.6) is 0 Å². The number of hydrogen-bond donors (Lipinski definition) is 1. The lowest BCUT2D eigenvalue weighted by atomic mass is 10.2. The maximum Gasteiger partial charge on any atom is 0.326 e. The zero-order chi connectivity index (χ0) is 10.7. The van der Waals surface area contributed by atoms with Gasteiger partial charge in [-0.3, -0.25) is 4.57 Å². The predicted octanol–water partition coefficient (Wildman–Crippen LogP) is 0.535. The Labute approximate surface area is 89.1 Å². The fraction of sp³-hybridized carbons (Fsp3) is 0.600. The van der Waals surface area contributed by atoms with E-state index in [1.807, 2.05) is 0 Å². The van der Waals surface area contributed by atoms with E-state index in [2.05, 4.69) is 22.2 Å². The van der Waals surface area contributed by atoms with Gasteiger partial charge in [-0.15, -0.1) is 0 Å². The highest BCUT2D eigenvalue weighted by atomic mass is 16.2. The van der Waals surface area contributed by atoms with Crippen LogP contribution in [0, 0.1) is 0 Å². The molecule has 1 aliphatic rings. The SMILES string of the molecule is CN1CCCC1CNC(=O)n1ccnc1. The normalized spacial score (nSPS) is 21.8. The standard InChI is InChI=1S/C10H16N4O/c1-13-5-2-3-9(13)7-12-10(15)14-6-4-11-8-14/h4,6,8-9H,2-3,5,7H2,1H3,(H,12,15). The highest BCUT2D eigenvalue weighted by Gasteiger charge is 2.21. The number of likely N-dealkylation sites (N-methyl/N-ethyl adjacent to an activating group) is 1. The quantitative estimate of drug-likeness (QED) is 0.771. The largest absolute Gasteiger partial charge is 0.336 e. The lowest BCUT2D eigenvalue weighted by molar-refractivity contribution is 0.236. The van der Waals surface area contributed by atoms with Crippen LogP contribution < -0.4 is 5.32 Å². The minimum Gasteiger partial charge on any atom is -0.336 e. The van der Waals surface area contributed by atoms with Crippen molar-refractivity contribution < 1.29 is 4.79 Å². The van der Waals surface area contributed by atoms with Crippen LogP contribution in [0.4, 0.5) is 4.79 Å². The molecule has 1 aliphatic heterocycles. The number of carbonyl (C=O) groups excluding carboxylic acids is 1. The fourth-order valence-corrected chi connectivity index (χ4v) is 1.91. The van der Waals surface area contributed by atoms with Gasteiger partial charge in [0.15, 0.2) is 0 Å². The number of likely N-dealkylation sites (tertiary alicyclic amines) is 1. The second-order valence-corrected chi connectivity index (χ2v) is 3.93. The lowest BCUT2D eigenvalue weighted by Crippen LogP contribution is -2.39. The molecule has 1 fully saturated rings. The molecule has 0 aliphatic carbocycles. The molecular weight excluding hydrogens is 192 g/mol. The second-order valence-electron chi connectivity index (χ2n) is 3.93. The van der Waals surface area contributed by atoms with E-state index in [0.717, 1.165) is 6.54 Å². The predicted molar refractivity (Wildman–Crippen MR) is 56.7 cm³/mol. The Morgan fingerprint density at radius 1 is 1.67 bits per heavy atom. The number of nitrogens with zero attached hydrogens (tertiary/aromatic N) is 3. The zero-order valence-corrected chi connectivity index (χ0v) is 8.89. The molecule has 1 aromatic heterocycles. The third-order valence-electron chi connectivity index (χ3n) is 2.90. The Bertz CT molecular complexity index is 322. The van der Waals surface area contributed by atoms with Gasteiger partial charge in [-0.1, -0.05) is 0 Å². The average Bonchev–Trinajstić information content (AvgIpc) is 2.85. The minimum atomic E-state index is -0.104. The van der Waals surface area contributed by atoms with Crippen molar-refractivity contribution in [2.45, 2.75) is 18.9 Å². The molecule has 0 radical (unpaired) electrons. The number of imidazole rings is 1. The van der Waals surface area contributed by atoms with Crippen molar-refractivity contribution in [3.8, 4) is 0 Å². The van der Waals surface area contributed by atoms with Gasteiger partial charge in [-0.25, -0.2) is 9.78 Å². The van der Waals surface area contributed by atoms with E-state index in [-0.39, 0.29) is 6.03 Å². The number of carbonyl (C=O) groups is 1. The van der Waals surface area contributed by atoms with Gasteiger partial charge in [0.2, 0.25) is 0 Å². The Morgan fingerprint density at radius 3 is 3.13 bits per heavy atom. The van der Waals surface area contributed by atoms with Crippen LogP contribution in [0.25, 0.3) is 0 Å². The Hall–Kier alpha value is -1.36. The molecule has 0 aromatic carbocycles. The Balaban J connectivity index is 1.81. The topological polar surface area (TPSA) is 50.2 Å².